The van der Waals surface area contributed by atoms with Crippen LogP contribution in [0.5, 0.6) is 0 Å². The summed E-state index contributed by atoms with van der Waals surface area (Å²) in [6.45, 7) is 5.40. The number of rotatable bonds is 6. The van der Waals surface area contributed by atoms with Gasteiger partial charge in [-0.05, 0) is 27.2 Å². The summed E-state index contributed by atoms with van der Waals surface area (Å²) in [6, 6.07) is 0. The van der Waals surface area contributed by atoms with E-state index in [1.807, 2.05) is 32.7 Å². The number of hydrogen-bond donors (Lipinski definition) is 1. The van der Waals surface area contributed by atoms with Crippen LogP contribution in [0, 0.1) is 0 Å². The van der Waals surface area contributed by atoms with Crippen molar-refractivity contribution in [2.75, 3.05) is 25.6 Å². The van der Waals surface area contributed by atoms with Crippen LogP contribution >= 0.6 is 11.8 Å². The molecule has 0 spiro atoms. The zero-order valence-electron chi connectivity index (χ0n) is 10.4. The SMILES string of the molecule is CSCCN(C)Cc1nc(C(C)(C)N)no1. The molecule has 1 aromatic rings. The van der Waals surface area contributed by atoms with E-state index in [0.29, 0.717) is 18.3 Å². The minimum Gasteiger partial charge on any atom is -0.338 e. The first-order valence-corrected chi connectivity index (χ1v) is 6.62. The van der Waals surface area contributed by atoms with E-state index < -0.39 is 5.54 Å². The van der Waals surface area contributed by atoms with Gasteiger partial charge in [-0.15, -0.1) is 0 Å². The van der Waals surface area contributed by atoms with Gasteiger partial charge in [0.25, 0.3) is 0 Å². The van der Waals surface area contributed by atoms with Crippen LogP contribution in [0.15, 0.2) is 4.52 Å². The van der Waals surface area contributed by atoms with Crippen molar-refractivity contribution in [3.63, 3.8) is 0 Å². The lowest BCUT2D eigenvalue weighted by molar-refractivity contribution is 0.276. The van der Waals surface area contributed by atoms with Gasteiger partial charge in [0.1, 0.15) is 0 Å². The summed E-state index contributed by atoms with van der Waals surface area (Å²) in [6.07, 6.45) is 2.09. The van der Waals surface area contributed by atoms with E-state index in [9.17, 15) is 0 Å². The molecule has 0 aliphatic rings. The summed E-state index contributed by atoms with van der Waals surface area (Å²) < 4.78 is 5.15. The average Bonchev–Trinajstić information content (AvgIpc) is 2.62. The molecule has 0 unspecified atom stereocenters. The highest BCUT2D eigenvalue weighted by Crippen LogP contribution is 2.13. The second-order valence-corrected chi connectivity index (χ2v) is 5.45. The molecule has 0 aromatic carbocycles. The van der Waals surface area contributed by atoms with Crippen LogP contribution in [0.25, 0.3) is 0 Å². The fourth-order valence-corrected chi connectivity index (χ4v) is 1.63. The predicted molar refractivity (Wildman–Crippen MR) is 66.2 cm³/mol. The van der Waals surface area contributed by atoms with Crippen LogP contribution < -0.4 is 5.73 Å². The van der Waals surface area contributed by atoms with Gasteiger partial charge in [0.2, 0.25) is 5.89 Å². The molecule has 0 aliphatic heterocycles. The maximum atomic E-state index is 5.88. The van der Waals surface area contributed by atoms with Crippen LogP contribution in [0.4, 0.5) is 0 Å². The molecular weight excluding hydrogens is 224 g/mol. The van der Waals surface area contributed by atoms with E-state index in [1.54, 1.807) is 0 Å². The normalized spacial score (nSPS) is 12.4. The lowest BCUT2D eigenvalue weighted by Gasteiger charge is -2.13. The Bertz CT molecular complexity index is 321. The second kappa shape index (κ2) is 5.65. The monoisotopic (exact) mass is 244 g/mol. The minimum absolute atomic E-state index is 0.542. The third-order valence-electron chi connectivity index (χ3n) is 2.13. The Labute approximate surface area is 101 Å². The second-order valence-electron chi connectivity index (χ2n) is 4.46. The van der Waals surface area contributed by atoms with E-state index in [0.717, 1.165) is 12.3 Å². The third-order valence-corrected chi connectivity index (χ3v) is 2.72. The van der Waals surface area contributed by atoms with Gasteiger partial charge < -0.3 is 10.3 Å². The van der Waals surface area contributed by atoms with Crippen molar-refractivity contribution < 1.29 is 4.52 Å². The highest BCUT2D eigenvalue weighted by molar-refractivity contribution is 7.98. The number of thioether (sulfide) groups is 1. The maximum absolute atomic E-state index is 5.88. The molecule has 0 saturated carbocycles. The topological polar surface area (TPSA) is 68.2 Å². The van der Waals surface area contributed by atoms with E-state index in [-0.39, 0.29) is 0 Å². The van der Waals surface area contributed by atoms with Gasteiger partial charge in [-0.25, -0.2) is 0 Å². The molecule has 0 bridgehead atoms. The van der Waals surface area contributed by atoms with Crippen molar-refractivity contribution in [1.29, 1.82) is 0 Å². The van der Waals surface area contributed by atoms with E-state index in [2.05, 4.69) is 21.3 Å². The molecule has 0 atom stereocenters. The Morgan fingerprint density at radius 3 is 2.69 bits per heavy atom. The van der Waals surface area contributed by atoms with Crippen molar-refractivity contribution in [2.45, 2.75) is 25.9 Å². The molecule has 1 heterocycles. The van der Waals surface area contributed by atoms with Gasteiger partial charge in [-0.3, -0.25) is 4.90 Å². The Hall–Kier alpha value is -0.590. The van der Waals surface area contributed by atoms with Gasteiger partial charge in [-0.1, -0.05) is 5.16 Å². The summed E-state index contributed by atoms with van der Waals surface area (Å²) in [5.41, 5.74) is 5.34. The fourth-order valence-electron chi connectivity index (χ4n) is 1.14. The zero-order valence-corrected chi connectivity index (χ0v) is 11.2. The van der Waals surface area contributed by atoms with Gasteiger partial charge in [0.05, 0.1) is 12.1 Å². The molecule has 92 valence electrons. The standard InChI is InChI=1S/C10H20N4OS/c1-10(2,11)9-12-8(15-13-9)7-14(3)5-6-16-4/h5-7,11H2,1-4H3. The first-order chi connectivity index (χ1) is 7.43. The number of nitrogens with zero attached hydrogens (tertiary/aromatic N) is 3. The predicted octanol–water partition coefficient (Wildman–Crippen LogP) is 1.06. The first kappa shape index (κ1) is 13.5. The Morgan fingerprint density at radius 1 is 1.50 bits per heavy atom. The van der Waals surface area contributed by atoms with Gasteiger partial charge in [0.15, 0.2) is 5.82 Å². The molecule has 0 aliphatic carbocycles. The minimum atomic E-state index is -0.542. The van der Waals surface area contributed by atoms with Crippen molar-refractivity contribution in [1.82, 2.24) is 15.0 Å². The summed E-state index contributed by atoms with van der Waals surface area (Å²) in [4.78, 5) is 6.43. The van der Waals surface area contributed by atoms with E-state index in [1.165, 1.54) is 0 Å². The van der Waals surface area contributed by atoms with Crippen LogP contribution in [-0.4, -0.2) is 40.6 Å². The lowest BCUT2D eigenvalue weighted by atomic mass is 10.1. The van der Waals surface area contributed by atoms with Crippen LogP contribution in [0.2, 0.25) is 0 Å². The summed E-state index contributed by atoms with van der Waals surface area (Å²) >= 11 is 1.82. The Morgan fingerprint density at radius 2 is 2.19 bits per heavy atom. The fraction of sp³-hybridized carbons (Fsp3) is 0.800. The molecule has 1 aromatic heterocycles. The van der Waals surface area contributed by atoms with Gasteiger partial charge in [0, 0.05) is 12.3 Å². The third kappa shape index (κ3) is 4.11. The first-order valence-electron chi connectivity index (χ1n) is 5.23. The molecule has 6 heteroatoms. The highest BCUT2D eigenvalue weighted by Gasteiger charge is 2.21. The molecule has 1 rings (SSSR count). The van der Waals surface area contributed by atoms with Crippen molar-refractivity contribution in [2.24, 2.45) is 5.73 Å². The van der Waals surface area contributed by atoms with Crippen molar-refractivity contribution >= 4 is 11.8 Å². The van der Waals surface area contributed by atoms with Crippen molar-refractivity contribution in [3.05, 3.63) is 11.7 Å². The van der Waals surface area contributed by atoms with Crippen LogP contribution in [-0.2, 0) is 12.1 Å². The summed E-state index contributed by atoms with van der Waals surface area (Å²) in [5, 5.41) is 3.88. The molecule has 16 heavy (non-hydrogen) atoms. The number of aromatic nitrogens is 2. The molecule has 0 radical (unpaired) electrons. The smallest absolute Gasteiger partial charge is 0.240 e. The maximum Gasteiger partial charge on any atom is 0.240 e. The van der Waals surface area contributed by atoms with Crippen molar-refractivity contribution in [3.8, 4) is 0 Å². The summed E-state index contributed by atoms with van der Waals surface area (Å²) in [7, 11) is 2.04. The molecule has 0 saturated heterocycles. The molecule has 0 amide bonds. The molecular formula is C10H20N4OS. The van der Waals surface area contributed by atoms with E-state index in [4.69, 9.17) is 10.3 Å². The Kier molecular flexibility index (Phi) is 4.76. The van der Waals surface area contributed by atoms with Crippen LogP contribution in [0.1, 0.15) is 25.6 Å². The van der Waals surface area contributed by atoms with Gasteiger partial charge >= 0.3 is 0 Å². The van der Waals surface area contributed by atoms with Crippen LogP contribution in [0.3, 0.4) is 0 Å². The number of nitrogens with two attached hydrogens (primary N) is 1. The van der Waals surface area contributed by atoms with E-state index >= 15 is 0 Å². The lowest BCUT2D eigenvalue weighted by Crippen LogP contribution is -2.30. The quantitative estimate of drug-likeness (QED) is 0.807. The molecule has 5 nitrogen and oxygen atoms in total. The zero-order chi connectivity index (χ0) is 12.2. The molecule has 0 fully saturated rings. The Balaban J connectivity index is 2.52. The summed E-state index contributed by atoms with van der Waals surface area (Å²) in [5.74, 6) is 2.28. The average molecular weight is 244 g/mol. The largest absolute Gasteiger partial charge is 0.338 e. The highest BCUT2D eigenvalue weighted by atomic mass is 32.2. The number of hydrogen-bond acceptors (Lipinski definition) is 6. The van der Waals surface area contributed by atoms with Gasteiger partial charge in [-0.2, -0.15) is 16.7 Å². The molecule has 2 N–H and O–H groups in total.